The molecule has 0 saturated heterocycles. The van der Waals surface area contributed by atoms with E-state index in [-0.39, 0.29) is 0 Å². The van der Waals surface area contributed by atoms with Crippen LogP contribution in [0.3, 0.4) is 0 Å². The molecule has 0 atom stereocenters. The lowest BCUT2D eigenvalue weighted by Gasteiger charge is -2.22. The second kappa shape index (κ2) is 6.88. The van der Waals surface area contributed by atoms with E-state index in [9.17, 15) is 0 Å². The van der Waals surface area contributed by atoms with Gasteiger partial charge in [-0.2, -0.15) is 0 Å². The molecule has 0 aromatic heterocycles. The van der Waals surface area contributed by atoms with Crippen LogP contribution < -0.4 is 0 Å². The highest BCUT2D eigenvalue weighted by molar-refractivity contribution is 7.17. The van der Waals surface area contributed by atoms with Crippen LogP contribution in [0, 0.1) is 11.8 Å². The maximum atomic E-state index is 4.50. The molecule has 0 heterocycles. The molecule has 1 rings (SSSR count). The van der Waals surface area contributed by atoms with Crippen LogP contribution in [-0.4, -0.2) is 22.5 Å². The number of hydrogen-bond acceptors (Lipinski definition) is 0. The highest BCUT2D eigenvalue weighted by Crippen LogP contribution is 2.27. The monoisotopic (exact) mass is 145 g/mol. The minimum absolute atomic E-state index is 1.00. The highest BCUT2D eigenvalue weighted by atomic mass is 14.2. The van der Waals surface area contributed by atoms with Gasteiger partial charge < -0.3 is 0 Å². The van der Waals surface area contributed by atoms with Gasteiger partial charge in [0.1, 0.15) is 0 Å². The molecule has 11 heavy (non-hydrogen) atoms. The van der Waals surface area contributed by atoms with Crippen LogP contribution in [0.4, 0.5) is 0 Å². The molecule has 0 aromatic rings. The van der Waals surface area contributed by atoms with Crippen molar-refractivity contribution in [2.24, 2.45) is 11.8 Å². The van der Waals surface area contributed by atoms with Crippen molar-refractivity contribution in [1.82, 2.24) is 0 Å². The lowest BCUT2D eigenvalue weighted by molar-refractivity contribution is 0.308. The van der Waals surface area contributed by atoms with Crippen molar-refractivity contribution in [1.29, 1.82) is 0 Å². The summed E-state index contributed by atoms with van der Waals surface area (Å²) in [6, 6.07) is 0. The van der Waals surface area contributed by atoms with E-state index in [0.29, 0.717) is 0 Å². The predicted molar refractivity (Wildman–Crippen MR) is 54.1 cm³/mol. The first-order chi connectivity index (χ1) is 5.20. The van der Waals surface area contributed by atoms with Crippen LogP contribution in [0.2, 0.25) is 0 Å². The van der Waals surface area contributed by atoms with E-state index in [4.69, 9.17) is 0 Å². The van der Waals surface area contributed by atoms with Gasteiger partial charge >= 0.3 is 0 Å². The van der Waals surface area contributed by atoms with Crippen molar-refractivity contribution < 1.29 is 0 Å². The van der Waals surface area contributed by atoms with Crippen molar-refractivity contribution in [3.63, 3.8) is 0 Å². The average molecular weight is 145 g/mol. The SMILES string of the molecule is CC1CCC(C)CC1.[B][B][B]. The minimum Gasteiger partial charge on any atom is -0.0625 e. The fourth-order valence-electron chi connectivity index (χ4n) is 1.43. The normalized spacial score (nSPS) is 30.0. The summed E-state index contributed by atoms with van der Waals surface area (Å²) in [4.78, 5) is 0. The van der Waals surface area contributed by atoms with Crippen LogP contribution in [-0.2, 0) is 0 Å². The van der Waals surface area contributed by atoms with Crippen molar-refractivity contribution in [2.75, 3.05) is 0 Å². The lowest BCUT2D eigenvalue weighted by Crippen LogP contribution is -2.08. The Kier molecular flexibility index (Phi) is 7.00. The summed E-state index contributed by atoms with van der Waals surface area (Å²) in [6.07, 6.45) is 5.89. The summed E-state index contributed by atoms with van der Waals surface area (Å²) < 4.78 is 0. The topological polar surface area (TPSA) is 0 Å². The average Bonchev–Trinajstić information content (AvgIpc) is 1.97. The zero-order chi connectivity index (χ0) is 8.69. The second-order valence-corrected chi connectivity index (χ2v) is 3.56. The molecule has 5 radical (unpaired) electrons. The molecular weight excluding hydrogens is 129 g/mol. The molecule has 1 aliphatic rings. The Balaban J connectivity index is 0.000000292. The number of rotatable bonds is 0. The van der Waals surface area contributed by atoms with Crippen LogP contribution in [0.15, 0.2) is 0 Å². The quantitative estimate of drug-likeness (QED) is 0.454. The third-order valence-electron chi connectivity index (χ3n) is 2.30. The molecule has 0 N–H and O–H groups in total. The predicted octanol–water partition coefficient (Wildman–Crippen LogP) is 1.69. The molecule has 0 aromatic carbocycles. The first kappa shape index (κ1) is 11.2. The van der Waals surface area contributed by atoms with Gasteiger partial charge in [0, 0.05) is 22.5 Å². The Morgan fingerprint density at radius 1 is 0.909 bits per heavy atom. The van der Waals surface area contributed by atoms with Crippen LogP contribution >= 0.6 is 0 Å². The third-order valence-corrected chi connectivity index (χ3v) is 2.30. The summed E-state index contributed by atoms with van der Waals surface area (Å²) in [5, 5.41) is 0. The maximum Gasteiger partial charge on any atom is 0 e. The summed E-state index contributed by atoms with van der Waals surface area (Å²) in [7, 11) is 10.0. The number of hydrogen-bond donors (Lipinski definition) is 0. The molecule has 0 bridgehead atoms. The van der Waals surface area contributed by atoms with E-state index < -0.39 is 0 Å². The van der Waals surface area contributed by atoms with Crippen molar-refractivity contribution in [3.8, 4) is 0 Å². The van der Waals surface area contributed by atoms with Gasteiger partial charge in [-0.15, -0.1) is 0 Å². The molecule has 0 unspecified atom stereocenters. The molecule has 1 saturated carbocycles. The van der Waals surface area contributed by atoms with Crippen molar-refractivity contribution in [3.05, 3.63) is 0 Å². The minimum atomic E-state index is 1.00. The summed E-state index contributed by atoms with van der Waals surface area (Å²) in [5.41, 5.74) is 0. The molecule has 0 aliphatic heterocycles. The Morgan fingerprint density at radius 2 is 1.09 bits per heavy atom. The van der Waals surface area contributed by atoms with Crippen molar-refractivity contribution in [2.45, 2.75) is 39.5 Å². The molecule has 0 nitrogen and oxygen atoms in total. The van der Waals surface area contributed by atoms with E-state index >= 15 is 0 Å². The molecule has 0 amide bonds. The van der Waals surface area contributed by atoms with E-state index in [1.807, 2.05) is 0 Å². The zero-order valence-corrected chi connectivity index (χ0v) is 7.72. The molecule has 0 spiro atoms. The molecular formula is C8H16B3. The molecule has 1 fully saturated rings. The fourth-order valence-corrected chi connectivity index (χ4v) is 1.43. The Labute approximate surface area is 74.6 Å². The first-order valence-electron chi connectivity index (χ1n) is 4.45. The van der Waals surface area contributed by atoms with Gasteiger partial charge in [0.05, 0.1) is 0 Å². The van der Waals surface area contributed by atoms with Gasteiger partial charge in [0.15, 0.2) is 0 Å². The summed E-state index contributed by atoms with van der Waals surface area (Å²) in [5.74, 6) is 2.04. The largest absolute Gasteiger partial charge is 0.0625 e. The van der Waals surface area contributed by atoms with E-state index in [0.717, 1.165) is 18.9 Å². The van der Waals surface area contributed by atoms with Crippen molar-refractivity contribution >= 4 is 22.5 Å². The summed E-state index contributed by atoms with van der Waals surface area (Å²) in [6.45, 7) is 4.73. The van der Waals surface area contributed by atoms with Gasteiger partial charge in [-0.3, -0.25) is 0 Å². The van der Waals surface area contributed by atoms with Gasteiger partial charge in [0.2, 0.25) is 0 Å². The van der Waals surface area contributed by atoms with E-state index in [1.165, 1.54) is 25.7 Å². The van der Waals surface area contributed by atoms with Crippen LogP contribution in [0.1, 0.15) is 39.5 Å². The fraction of sp³-hybridized carbons (Fsp3) is 1.00. The van der Waals surface area contributed by atoms with Gasteiger partial charge in [-0.25, -0.2) is 0 Å². The Morgan fingerprint density at radius 3 is 1.27 bits per heavy atom. The smallest absolute Gasteiger partial charge is 0 e. The lowest BCUT2D eigenvalue weighted by atomic mass is 9.40. The van der Waals surface area contributed by atoms with Crippen LogP contribution in [0.25, 0.3) is 0 Å². The molecule has 1 aliphatic carbocycles. The summed E-state index contributed by atoms with van der Waals surface area (Å²) >= 11 is 0. The Bertz CT molecular complexity index is 67.4. The van der Waals surface area contributed by atoms with Gasteiger partial charge in [-0.1, -0.05) is 39.5 Å². The highest BCUT2D eigenvalue weighted by Gasteiger charge is 2.13. The zero-order valence-electron chi connectivity index (χ0n) is 7.72. The van der Waals surface area contributed by atoms with Gasteiger partial charge in [0.25, 0.3) is 0 Å². The third kappa shape index (κ3) is 6.59. The molecule has 3 heteroatoms. The maximum absolute atomic E-state index is 4.50. The Hall–Kier alpha value is 0.195. The van der Waals surface area contributed by atoms with E-state index in [2.05, 4.69) is 29.3 Å². The second-order valence-electron chi connectivity index (χ2n) is 3.56. The van der Waals surface area contributed by atoms with E-state index in [1.54, 1.807) is 0 Å². The van der Waals surface area contributed by atoms with Gasteiger partial charge in [-0.05, 0) is 11.8 Å². The standard InChI is InChI=1S/C8H16.B3/c1-7-3-5-8(2)6-4-7;1-3-2/h7-8H,3-6H2,1-2H3;. The molecule has 57 valence electrons. The first-order valence-corrected chi connectivity index (χ1v) is 4.45. The van der Waals surface area contributed by atoms with Crippen LogP contribution in [0.5, 0.6) is 0 Å².